The van der Waals surface area contributed by atoms with Crippen LogP contribution in [0.1, 0.15) is 52.4 Å². The average molecular weight is 355 g/mol. The van der Waals surface area contributed by atoms with Crippen LogP contribution in [0, 0.1) is 13.8 Å². The molecule has 6 nitrogen and oxygen atoms in total. The molecule has 1 aromatic heterocycles. The Morgan fingerprint density at radius 2 is 1.87 bits per heavy atom. The Kier molecular flexibility index (Phi) is 7.97. The Morgan fingerprint density at radius 1 is 1.22 bits per heavy atom. The van der Waals surface area contributed by atoms with Gasteiger partial charge in [-0.1, -0.05) is 30.9 Å². The van der Waals surface area contributed by atoms with E-state index in [-0.39, 0.29) is 12.2 Å². The van der Waals surface area contributed by atoms with Gasteiger partial charge in [0, 0.05) is 5.75 Å². The minimum absolute atomic E-state index is 0.262. The molecule has 0 aliphatic rings. The number of nitrogens with zero attached hydrogens (tertiary/aromatic N) is 1. The lowest BCUT2D eigenvalue weighted by atomic mass is 10.1. The van der Waals surface area contributed by atoms with Gasteiger partial charge in [0.05, 0.1) is 29.1 Å². The highest BCUT2D eigenvalue weighted by atomic mass is 32.2. The van der Waals surface area contributed by atoms with Crippen molar-refractivity contribution in [2.24, 2.45) is 0 Å². The van der Waals surface area contributed by atoms with Crippen molar-refractivity contribution in [1.29, 1.82) is 0 Å². The van der Waals surface area contributed by atoms with Crippen molar-refractivity contribution in [3.8, 4) is 0 Å². The van der Waals surface area contributed by atoms with Gasteiger partial charge in [-0.2, -0.15) is 0 Å². The molecule has 0 unspecified atom stereocenters. The molecule has 8 heteroatoms. The van der Waals surface area contributed by atoms with E-state index in [2.05, 4.69) is 15.8 Å². The molecule has 0 atom stereocenters. The zero-order valence-corrected chi connectivity index (χ0v) is 15.3. The number of aryl methyl sites for hydroxylation is 2. The van der Waals surface area contributed by atoms with E-state index >= 15 is 0 Å². The zero-order valence-electron chi connectivity index (χ0n) is 13.7. The van der Waals surface area contributed by atoms with Crippen molar-refractivity contribution in [1.82, 2.24) is 15.8 Å². The Hall–Kier alpha value is -1.67. The maximum Gasteiger partial charge on any atom is 0.339 e. The third-order valence-corrected chi connectivity index (χ3v) is 4.29. The topological polar surface area (TPSA) is 80.3 Å². The number of rotatable bonds is 5. The van der Waals surface area contributed by atoms with E-state index in [1.54, 1.807) is 20.8 Å². The molecule has 0 saturated heterocycles. The van der Waals surface area contributed by atoms with Crippen LogP contribution < -0.4 is 10.9 Å². The number of esters is 1. The Morgan fingerprint density at radius 3 is 2.48 bits per heavy atom. The second kappa shape index (κ2) is 9.46. The number of aromatic nitrogens is 1. The standard InChI is InChI=1S/C15H21N3O3S2/c1-5-7-23-15(22)18-17-13(19)11-8-12(14(20)21-6-2)10(4)16-9(11)3/h8H,5-7H2,1-4H3,(H,17,19)(H,18,22). The summed E-state index contributed by atoms with van der Waals surface area (Å²) in [6, 6.07) is 1.49. The van der Waals surface area contributed by atoms with Gasteiger partial charge in [0.2, 0.25) is 0 Å². The molecule has 2 N–H and O–H groups in total. The number of pyridine rings is 1. The smallest absolute Gasteiger partial charge is 0.339 e. The quantitative estimate of drug-likeness (QED) is 0.477. The normalized spacial score (nSPS) is 10.1. The summed E-state index contributed by atoms with van der Waals surface area (Å²) in [7, 11) is 0. The first-order valence-corrected chi connectivity index (χ1v) is 8.68. The van der Waals surface area contributed by atoms with Crippen molar-refractivity contribution in [2.75, 3.05) is 12.4 Å². The zero-order chi connectivity index (χ0) is 17.4. The van der Waals surface area contributed by atoms with Gasteiger partial charge in [0.15, 0.2) is 4.32 Å². The summed E-state index contributed by atoms with van der Waals surface area (Å²) in [5.41, 5.74) is 6.85. The summed E-state index contributed by atoms with van der Waals surface area (Å²) < 4.78 is 5.46. The molecule has 0 radical (unpaired) electrons. The summed E-state index contributed by atoms with van der Waals surface area (Å²) in [5.74, 6) is -0.0201. The minimum atomic E-state index is -0.492. The molecule has 1 rings (SSSR count). The fraction of sp³-hybridized carbons (Fsp3) is 0.467. The molecule has 0 aliphatic carbocycles. The van der Waals surface area contributed by atoms with E-state index < -0.39 is 11.9 Å². The van der Waals surface area contributed by atoms with E-state index in [4.69, 9.17) is 17.0 Å². The summed E-state index contributed by atoms with van der Waals surface area (Å²) in [6.45, 7) is 7.45. The van der Waals surface area contributed by atoms with E-state index in [1.165, 1.54) is 17.8 Å². The molecular weight excluding hydrogens is 334 g/mol. The lowest BCUT2D eigenvalue weighted by Crippen LogP contribution is -2.40. The largest absolute Gasteiger partial charge is 0.462 e. The highest BCUT2D eigenvalue weighted by Crippen LogP contribution is 2.14. The molecule has 1 heterocycles. The van der Waals surface area contributed by atoms with Crippen LogP contribution in [0.4, 0.5) is 0 Å². The van der Waals surface area contributed by atoms with Crippen molar-refractivity contribution in [3.63, 3.8) is 0 Å². The first-order chi connectivity index (χ1) is 10.9. The van der Waals surface area contributed by atoms with Gasteiger partial charge in [0.25, 0.3) is 5.91 Å². The number of thiocarbonyl (C=S) groups is 1. The van der Waals surface area contributed by atoms with Crippen LogP contribution in [-0.4, -0.2) is 33.5 Å². The van der Waals surface area contributed by atoms with Crippen LogP contribution in [-0.2, 0) is 4.74 Å². The fourth-order valence-corrected chi connectivity index (χ4v) is 2.59. The maximum atomic E-state index is 12.3. The van der Waals surface area contributed by atoms with Crippen molar-refractivity contribution in [2.45, 2.75) is 34.1 Å². The first kappa shape index (κ1) is 19.4. The predicted octanol–water partition coefficient (Wildman–Crippen LogP) is 2.54. The number of hydrogen-bond donors (Lipinski definition) is 2. The van der Waals surface area contributed by atoms with Crippen LogP contribution in [0.15, 0.2) is 6.07 Å². The molecule has 23 heavy (non-hydrogen) atoms. The second-order valence-corrected chi connectivity index (χ2v) is 6.46. The van der Waals surface area contributed by atoms with Gasteiger partial charge in [0.1, 0.15) is 0 Å². The number of hydrazine groups is 1. The van der Waals surface area contributed by atoms with Gasteiger partial charge < -0.3 is 4.74 Å². The summed E-state index contributed by atoms with van der Waals surface area (Å²) >= 11 is 6.54. The van der Waals surface area contributed by atoms with Crippen molar-refractivity contribution >= 4 is 40.2 Å². The number of carbonyl (C=O) groups is 2. The monoisotopic (exact) mass is 355 g/mol. The Labute approximate surface area is 145 Å². The molecule has 0 fully saturated rings. The number of ether oxygens (including phenoxy) is 1. The summed E-state index contributed by atoms with van der Waals surface area (Å²) in [6.07, 6.45) is 0.990. The SMILES string of the molecule is CCCSC(=S)NNC(=O)c1cc(C(=O)OCC)c(C)nc1C. The van der Waals surface area contributed by atoms with Gasteiger partial charge in [-0.25, -0.2) is 4.79 Å². The lowest BCUT2D eigenvalue weighted by molar-refractivity contribution is 0.0525. The minimum Gasteiger partial charge on any atom is -0.462 e. The molecule has 0 aromatic carbocycles. The third kappa shape index (κ3) is 5.80. The van der Waals surface area contributed by atoms with Crippen LogP contribution in [0.2, 0.25) is 0 Å². The van der Waals surface area contributed by atoms with E-state index in [0.717, 1.165) is 12.2 Å². The van der Waals surface area contributed by atoms with Gasteiger partial charge in [-0.3, -0.25) is 20.6 Å². The fourth-order valence-electron chi connectivity index (χ4n) is 1.78. The number of amides is 1. The van der Waals surface area contributed by atoms with E-state index in [9.17, 15) is 9.59 Å². The lowest BCUT2D eigenvalue weighted by Gasteiger charge is -2.12. The van der Waals surface area contributed by atoms with E-state index in [1.807, 2.05) is 6.92 Å². The molecule has 1 amide bonds. The second-order valence-electron chi connectivity index (χ2n) is 4.69. The number of hydrogen-bond acceptors (Lipinski definition) is 6. The predicted molar refractivity (Wildman–Crippen MR) is 95.6 cm³/mol. The molecular formula is C15H21N3O3S2. The highest BCUT2D eigenvalue weighted by Gasteiger charge is 2.18. The van der Waals surface area contributed by atoms with Crippen LogP contribution in [0.5, 0.6) is 0 Å². The van der Waals surface area contributed by atoms with Gasteiger partial charge in [-0.05, 0) is 33.3 Å². The summed E-state index contributed by atoms with van der Waals surface area (Å²) in [5, 5.41) is 0. The number of nitrogens with one attached hydrogen (secondary N) is 2. The molecule has 126 valence electrons. The van der Waals surface area contributed by atoms with E-state index in [0.29, 0.717) is 21.3 Å². The summed E-state index contributed by atoms with van der Waals surface area (Å²) in [4.78, 5) is 28.4. The van der Waals surface area contributed by atoms with Crippen molar-refractivity contribution in [3.05, 3.63) is 28.6 Å². The van der Waals surface area contributed by atoms with Crippen LogP contribution in [0.3, 0.4) is 0 Å². The number of thioether (sulfide) groups is 1. The van der Waals surface area contributed by atoms with Crippen molar-refractivity contribution < 1.29 is 14.3 Å². The molecule has 0 saturated carbocycles. The maximum absolute atomic E-state index is 12.3. The molecule has 0 spiro atoms. The van der Waals surface area contributed by atoms with Gasteiger partial charge >= 0.3 is 5.97 Å². The first-order valence-electron chi connectivity index (χ1n) is 7.29. The molecule has 0 bridgehead atoms. The average Bonchev–Trinajstić information content (AvgIpc) is 2.50. The highest BCUT2D eigenvalue weighted by molar-refractivity contribution is 8.22. The van der Waals surface area contributed by atoms with Gasteiger partial charge in [-0.15, -0.1) is 0 Å². The Balaban J connectivity index is 2.86. The number of carbonyl (C=O) groups excluding carboxylic acids is 2. The van der Waals surface area contributed by atoms with Crippen LogP contribution in [0.25, 0.3) is 0 Å². The third-order valence-electron chi connectivity index (χ3n) is 2.86. The van der Waals surface area contributed by atoms with Crippen LogP contribution >= 0.6 is 24.0 Å². The molecule has 1 aromatic rings. The Bertz CT molecular complexity index is 606. The molecule has 0 aliphatic heterocycles.